The van der Waals surface area contributed by atoms with Crippen LogP contribution in [-0.4, -0.2) is 109 Å². The number of hydrogen-bond acceptors (Lipinski definition) is 12. The second-order valence-corrected chi connectivity index (χ2v) is 19.6. The molecule has 3 N–H and O–H groups in total. The summed E-state index contributed by atoms with van der Waals surface area (Å²) in [5, 5.41) is 16.9. The van der Waals surface area contributed by atoms with Gasteiger partial charge in [0, 0.05) is 76.0 Å². The number of amides is 3. The smallest absolute Gasteiger partial charge is 0.329 e. The summed E-state index contributed by atoms with van der Waals surface area (Å²) >= 11 is 0. The van der Waals surface area contributed by atoms with E-state index in [1.54, 1.807) is 19.3 Å². The van der Waals surface area contributed by atoms with Crippen molar-refractivity contribution >= 4 is 46.1 Å². The normalized spacial score (nSPS) is 22.0. The van der Waals surface area contributed by atoms with Gasteiger partial charge in [0.25, 0.3) is 5.91 Å². The van der Waals surface area contributed by atoms with Gasteiger partial charge >= 0.3 is 5.69 Å². The molecule has 7 heterocycles. The van der Waals surface area contributed by atoms with E-state index in [1.807, 2.05) is 36.1 Å². The Bertz CT molecular complexity index is 2940. The van der Waals surface area contributed by atoms with Crippen LogP contribution >= 0.6 is 0 Å². The lowest BCUT2D eigenvalue weighted by atomic mass is 9.94. The minimum atomic E-state index is -0.871. The first-order chi connectivity index (χ1) is 34.0. The molecular formula is C54H62N10O6. The molecule has 5 aliphatic rings. The topological polar surface area (TPSA) is 180 Å². The van der Waals surface area contributed by atoms with Crippen LogP contribution in [0.3, 0.4) is 0 Å². The summed E-state index contributed by atoms with van der Waals surface area (Å²) in [5.74, 6) is 6.58. The van der Waals surface area contributed by atoms with Crippen molar-refractivity contribution in [3.8, 4) is 11.8 Å². The summed E-state index contributed by atoms with van der Waals surface area (Å²) in [4.78, 5) is 72.4. The first-order valence-corrected chi connectivity index (χ1v) is 25.0. The molecule has 3 atom stereocenters. The fourth-order valence-corrected chi connectivity index (χ4v) is 11.3. The molecule has 70 heavy (non-hydrogen) atoms. The number of imidazole rings is 1. The number of nitrogens with one attached hydrogen (secondary N) is 2. The number of ether oxygens (including phenoxy) is 1. The van der Waals surface area contributed by atoms with Crippen molar-refractivity contribution in [2.75, 3.05) is 56.1 Å². The molecule has 16 heteroatoms. The molecule has 0 spiro atoms. The highest BCUT2D eigenvalue weighted by Gasteiger charge is 2.40. The van der Waals surface area contributed by atoms with Gasteiger partial charge in [0.2, 0.25) is 17.8 Å². The first kappa shape index (κ1) is 47.0. The van der Waals surface area contributed by atoms with Crippen LogP contribution in [0, 0.1) is 17.8 Å². The largest absolute Gasteiger partial charge is 0.384 e. The number of piperidine rings is 3. The van der Waals surface area contributed by atoms with Gasteiger partial charge in [-0.2, -0.15) is 0 Å². The van der Waals surface area contributed by atoms with Crippen LogP contribution in [0.25, 0.3) is 11.0 Å². The average molecular weight is 947 g/mol. The lowest BCUT2D eigenvalue weighted by molar-refractivity contribution is -0.135. The predicted octanol–water partition coefficient (Wildman–Crippen LogP) is 5.85. The van der Waals surface area contributed by atoms with E-state index in [0.29, 0.717) is 78.6 Å². The lowest BCUT2D eigenvalue weighted by Gasteiger charge is -2.38. The van der Waals surface area contributed by atoms with E-state index in [4.69, 9.17) is 14.7 Å². The number of fused-ring (bicyclic) bond motifs is 3. The standard InChI is InChI=1S/C54H62N10O6/c1-4-27-63-43(18-15-38-12-11-37-21-26-54(69,5-2)49(37)56-38)47-42(51(63)67)33-55-52(59-47)57-39-13-16-40(17-14-39)62-30-22-35(23-31-62)34-61-28-24-41(25-29-61)70-32-7-9-36-8-6-10-44-48(36)60(3)53(68)64(44)45-19-20-46(65)58-50(45)66/h4,6,8,10-14,16-17,33,35,41,43,45,69H,1,5,15,18-32,34H2,2-3H3,(H,55,57,59)(H,58,65,66)/t43?,45?,54-/m0/s1. The van der Waals surface area contributed by atoms with Crippen molar-refractivity contribution < 1.29 is 24.2 Å². The van der Waals surface area contributed by atoms with Crippen molar-refractivity contribution in [2.24, 2.45) is 13.0 Å². The van der Waals surface area contributed by atoms with E-state index in [9.17, 15) is 24.3 Å². The monoisotopic (exact) mass is 946 g/mol. The van der Waals surface area contributed by atoms with Crippen LogP contribution < -0.4 is 21.2 Å². The number of hydrogen-bond donors (Lipinski definition) is 3. The fourth-order valence-electron chi connectivity index (χ4n) is 11.3. The second-order valence-electron chi connectivity index (χ2n) is 19.6. The van der Waals surface area contributed by atoms with Crippen molar-refractivity contribution in [3.63, 3.8) is 0 Å². The minimum Gasteiger partial charge on any atom is -0.384 e. The number of pyridine rings is 1. The Labute approximate surface area is 408 Å². The number of aromatic nitrogens is 5. The van der Waals surface area contributed by atoms with E-state index in [1.165, 1.54) is 14.8 Å². The molecule has 5 aromatic rings. The summed E-state index contributed by atoms with van der Waals surface area (Å²) in [6, 6.07) is 17.1. The van der Waals surface area contributed by atoms with Gasteiger partial charge in [0.15, 0.2) is 0 Å². The number of anilines is 3. The van der Waals surface area contributed by atoms with Crippen molar-refractivity contribution in [1.82, 2.24) is 39.2 Å². The maximum atomic E-state index is 13.5. The zero-order chi connectivity index (χ0) is 48.5. The van der Waals surface area contributed by atoms with Crippen molar-refractivity contribution in [3.05, 3.63) is 118 Å². The maximum Gasteiger partial charge on any atom is 0.329 e. The molecule has 2 unspecified atom stereocenters. The lowest BCUT2D eigenvalue weighted by Crippen LogP contribution is -2.44. The van der Waals surface area contributed by atoms with Gasteiger partial charge in [-0.05, 0) is 118 Å². The second kappa shape index (κ2) is 20.0. The Kier molecular flexibility index (Phi) is 13.4. The van der Waals surface area contributed by atoms with E-state index < -0.39 is 17.6 Å². The van der Waals surface area contributed by atoms with E-state index >= 15 is 0 Å². The van der Waals surface area contributed by atoms with Crippen molar-refractivity contribution in [2.45, 2.75) is 101 Å². The molecule has 0 saturated carbocycles. The third-order valence-electron chi connectivity index (χ3n) is 15.3. The Morgan fingerprint density at radius 1 is 0.971 bits per heavy atom. The number of para-hydroxylation sites is 1. The summed E-state index contributed by atoms with van der Waals surface area (Å²) in [5.41, 5.74) is 6.89. The molecule has 364 valence electrons. The fraction of sp³-hybridized carbons (Fsp3) is 0.463. The van der Waals surface area contributed by atoms with Gasteiger partial charge in [-0.3, -0.25) is 33.8 Å². The molecule has 0 radical (unpaired) electrons. The maximum absolute atomic E-state index is 13.5. The molecule has 3 amide bonds. The quantitative estimate of drug-likeness (QED) is 0.0688. The zero-order valence-electron chi connectivity index (χ0n) is 40.2. The van der Waals surface area contributed by atoms with Crippen LogP contribution in [-0.2, 0) is 39.8 Å². The Morgan fingerprint density at radius 3 is 2.53 bits per heavy atom. The molecular weight excluding hydrogens is 885 g/mol. The third-order valence-corrected chi connectivity index (χ3v) is 15.3. The molecule has 1 aliphatic carbocycles. The molecule has 3 fully saturated rings. The Morgan fingerprint density at radius 2 is 1.77 bits per heavy atom. The van der Waals surface area contributed by atoms with Crippen LogP contribution in [0.15, 0.2) is 78.2 Å². The van der Waals surface area contributed by atoms with Crippen LogP contribution in [0.4, 0.5) is 17.3 Å². The zero-order valence-corrected chi connectivity index (χ0v) is 40.2. The summed E-state index contributed by atoms with van der Waals surface area (Å²) < 4.78 is 9.22. The van der Waals surface area contributed by atoms with Gasteiger partial charge in [-0.15, -0.1) is 6.58 Å². The number of likely N-dealkylation sites (tertiary alicyclic amines) is 1. The Hall–Kier alpha value is -6.67. The third kappa shape index (κ3) is 9.37. The van der Waals surface area contributed by atoms with Crippen LogP contribution in [0.2, 0.25) is 0 Å². The molecule has 3 saturated heterocycles. The highest BCUT2D eigenvalue weighted by atomic mass is 16.5. The highest BCUT2D eigenvalue weighted by Crippen LogP contribution is 2.40. The van der Waals surface area contributed by atoms with Gasteiger partial charge in [-0.25, -0.2) is 14.8 Å². The number of nitrogens with zero attached hydrogens (tertiary/aromatic N) is 8. The average Bonchev–Trinajstić information content (AvgIpc) is 3.94. The van der Waals surface area contributed by atoms with Gasteiger partial charge in [0.05, 0.1) is 45.7 Å². The molecule has 0 bridgehead atoms. The number of aliphatic hydroxyl groups is 1. The van der Waals surface area contributed by atoms with Crippen LogP contribution in [0.1, 0.15) is 115 Å². The number of rotatable bonds is 14. The van der Waals surface area contributed by atoms with E-state index in [2.05, 4.69) is 74.2 Å². The van der Waals surface area contributed by atoms with Gasteiger partial charge in [0.1, 0.15) is 18.2 Å². The number of aryl methyl sites for hydroxylation is 3. The molecule has 4 aliphatic heterocycles. The molecule has 16 nitrogen and oxygen atoms in total. The number of carbonyl (C=O) groups excluding carboxylic acids is 3. The Balaban J connectivity index is 0.680. The number of benzene rings is 2. The predicted molar refractivity (Wildman–Crippen MR) is 267 cm³/mol. The molecule has 2 aromatic carbocycles. The van der Waals surface area contributed by atoms with Gasteiger partial charge in [-0.1, -0.05) is 37.0 Å². The van der Waals surface area contributed by atoms with Gasteiger partial charge < -0.3 is 29.9 Å². The highest BCUT2D eigenvalue weighted by molar-refractivity contribution is 6.00. The SMILES string of the molecule is C=CCN1C(=O)c2cnc(Nc3ccc(N4CCC(CN5CCC(OCC#Cc6cccc7c6n(C)c(=O)n7C6CCC(=O)NC6=O)CC5)CC4)cc3)nc2C1CCc1ccc2c(n1)[C@](O)(CC)CC2. The summed E-state index contributed by atoms with van der Waals surface area (Å²) in [7, 11) is 1.68. The van der Waals surface area contributed by atoms with E-state index in [-0.39, 0.29) is 42.5 Å². The van der Waals surface area contributed by atoms with Crippen LogP contribution in [0.5, 0.6) is 0 Å². The first-order valence-electron chi connectivity index (χ1n) is 25.0. The summed E-state index contributed by atoms with van der Waals surface area (Å²) in [6.45, 7) is 11.7. The number of carbonyl (C=O) groups is 3. The minimum absolute atomic E-state index is 0.0949. The van der Waals surface area contributed by atoms with E-state index in [0.717, 1.165) is 87.5 Å². The molecule has 10 rings (SSSR count). The number of imide groups is 1. The molecule has 3 aromatic heterocycles. The summed E-state index contributed by atoms with van der Waals surface area (Å²) in [6.07, 6.45) is 11.6. The van der Waals surface area contributed by atoms with Crippen molar-refractivity contribution in [1.29, 1.82) is 0 Å².